The lowest BCUT2D eigenvalue weighted by molar-refractivity contribution is 0.0919. The number of rotatable bonds is 4. The summed E-state index contributed by atoms with van der Waals surface area (Å²) in [4.78, 5) is 18.6. The molecule has 0 saturated carbocycles. The molecule has 126 valence electrons. The van der Waals surface area contributed by atoms with Crippen LogP contribution in [0.1, 0.15) is 35.6 Å². The molecule has 0 spiro atoms. The Bertz CT molecular complexity index is 703. The minimum atomic E-state index is -0.267. The lowest BCUT2D eigenvalue weighted by atomic mass is 10.0. The molecule has 1 aromatic heterocycles. The predicted octanol–water partition coefficient (Wildman–Crippen LogP) is 3.87. The molecular weight excluding hydrogens is 304 g/mol. The topological polar surface area (TPSA) is 51.7 Å². The van der Waals surface area contributed by atoms with Crippen molar-refractivity contribution in [1.29, 1.82) is 0 Å². The first-order valence-corrected chi connectivity index (χ1v) is 8.17. The fourth-order valence-corrected chi connectivity index (χ4v) is 3.11. The van der Waals surface area contributed by atoms with Crippen molar-refractivity contribution < 1.29 is 14.3 Å². The van der Waals surface area contributed by atoms with Crippen LogP contribution in [0.15, 0.2) is 42.6 Å². The van der Waals surface area contributed by atoms with Gasteiger partial charge in [0, 0.05) is 18.8 Å². The van der Waals surface area contributed by atoms with Gasteiger partial charge in [-0.05, 0) is 36.5 Å². The maximum absolute atomic E-state index is 12.5. The van der Waals surface area contributed by atoms with Gasteiger partial charge in [-0.1, -0.05) is 30.3 Å². The van der Waals surface area contributed by atoms with Crippen molar-refractivity contribution in [3.63, 3.8) is 0 Å². The van der Waals surface area contributed by atoms with E-state index in [-0.39, 0.29) is 12.1 Å². The molecule has 24 heavy (non-hydrogen) atoms. The van der Waals surface area contributed by atoms with E-state index in [1.807, 2.05) is 49.5 Å². The highest BCUT2D eigenvalue weighted by Gasteiger charge is 2.32. The van der Waals surface area contributed by atoms with E-state index in [1.165, 1.54) is 0 Å². The Labute approximate surface area is 142 Å². The van der Waals surface area contributed by atoms with E-state index >= 15 is 0 Å². The maximum Gasteiger partial charge on any atom is 0.410 e. The molecule has 0 radical (unpaired) electrons. The van der Waals surface area contributed by atoms with Crippen molar-refractivity contribution >= 4 is 6.09 Å². The fraction of sp³-hybridized carbons (Fsp3) is 0.368. The minimum Gasteiger partial charge on any atom is -0.481 e. The molecule has 1 aromatic carbocycles. The summed E-state index contributed by atoms with van der Waals surface area (Å²) in [5.41, 5.74) is 3.13. The van der Waals surface area contributed by atoms with Crippen molar-refractivity contribution in [3.8, 4) is 5.88 Å². The number of aromatic nitrogens is 1. The van der Waals surface area contributed by atoms with Gasteiger partial charge in [-0.3, -0.25) is 0 Å². The Kier molecular flexibility index (Phi) is 4.99. The summed E-state index contributed by atoms with van der Waals surface area (Å²) in [7, 11) is 1.60. The van der Waals surface area contributed by atoms with Gasteiger partial charge >= 0.3 is 6.09 Å². The average molecular weight is 326 g/mol. The van der Waals surface area contributed by atoms with Crippen LogP contribution in [0.3, 0.4) is 0 Å². The molecule has 0 N–H and O–H groups in total. The Morgan fingerprint density at radius 3 is 2.83 bits per heavy atom. The zero-order valence-electron chi connectivity index (χ0n) is 14.1. The third-order valence-corrected chi connectivity index (χ3v) is 4.39. The van der Waals surface area contributed by atoms with E-state index in [2.05, 4.69) is 4.98 Å². The molecule has 1 unspecified atom stereocenters. The van der Waals surface area contributed by atoms with Gasteiger partial charge in [-0.25, -0.2) is 9.78 Å². The van der Waals surface area contributed by atoms with Crippen LogP contribution in [-0.2, 0) is 11.3 Å². The first-order valence-electron chi connectivity index (χ1n) is 8.17. The van der Waals surface area contributed by atoms with Crippen molar-refractivity contribution in [1.82, 2.24) is 9.88 Å². The lowest BCUT2D eigenvalue weighted by Gasteiger charge is -2.25. The van der Waals surface area contributed by atoms with E-state index in [9.17, 15) is 4.79 Å². The Morgan fingerprint density at radius 1 is 1.33 bits per heavy atom. The molecule has 1 aliphatic heterocycles. The second-order valence-corrected chi connectivity index (χ2v) is 5.97. The number of carbonyl (C=O) groups excluding carboxylic acids is 1. The van der Waals surface area contributed by atoms with E-state index in [0.29, 0.717) is 19.0 Å². The SMILES string of the molecule is COc1cc(C)c(C2CCCN2C(=O)OCc2ccccc2)cn1. The highest BCUT2D eigenvalue weighted by molar-refractivity contribution is 5.69. The molecule has 2 heterocycles. The van der Waals surface area contributed by atoms with Crippen LogP contribution in [0.25, 0.3) is 0 Å². The van der Waals surface area contributed by atoms with Gasteiger partial charge in [-0.15, -0.1) is 0 Å². The van der Waals surface area contributed by atoms with Crippen LogP contribution in [-0.4, -0.2) is 29.6 Å². The molecule has 1 atom stereocenters. The largest absolute Gasteiger partial charge is 0.481 e. The normalized spacial score (nSPS) is 16.9. The van der Waals surface area contributed by atoms with E-state index in [0.717, 1.165) is 29.5 Å². The highest BCUT2D eigenvalue weighted by atomic mass is 16.6. The first-order chi connectivity index (χ1) is 11.7. The molecule has 1 saturated heterocycles. The molecule has 5 nitrogen and oxygen atoms in total. The summed E-state index contributed by atoms with van der Waals surface area (Å²) in [6.45, 7) is 3.03. The van der Waals surface area contributed by atoms with Crippen LogP contribution < -0.4 is 4.74 Å². The number of hydrogen-bond donors (Lipinski definition) is 0. The lowest BCUT2D eigenvalue weighted by Crippen LogP contribution is -2.31. The molecule has 1 amide bonds. The molecular formula is C19H22N2O3. The van der Waals surface area contributed by atoms with Crippen LogP contribution >= 0.6 is 0 Å². The number of hydrogen-bond acceptors (Lipinski definition) is 4. The summed E-state index contributed by atoms with van der Waals surface area (Å²) in [5, 5.41) is 0. The zero-order valence-corrected chi connectivity index (χ0v) is 14.1. The van der Waals surface area contributed by atoms with Crippen molar-refractivity contribution in [3.05, 3.63) is 59.3 Å². The highest BCUT2D eigenvalue weighted by Crippen LogP contribution is 2.34. The number of aryl methyl sites for hydroxylation is 1. The van der Waals surface area contributed by atoms with Gasteiger partial charge in [-0.2, -0.15) is 0 Å². The molecule has 0 bridgehead atoms. The quantitative estimate of drug-likeness (QED) is 0.856. The number of nitrogens with zero attached hydrogens (tertiary/aromatic N) is 2. The number of amides is 1. The second-order valence-electron chi connectivity index (χ2n) is 5.97. The third-order valence-electron chi connectivity index (χ3n) is 4.39. The first kappa shape index (κ1) is 16.3. The second kappa shape index (κ2) is 7.34. The smallest absolute Gasteiger partial charge is 0.410 e. The van der Waals surface area contributed by atoms with Crippen LogP contribution in [0, 0.1) is 6.92 Å². The third kappa shape index (κ3) is 3.50. The standard InChI is InChI=1S/C19H22N2O3/c1-14-11-18(23-2)20-12-16(14)17-9-6-10-21(17)19(22)24-13-15-7-4-3-5-8-15/h3-5,7-8,11-12,17H,6,9-10,13H2,1-2H3. The Balaban J connectivity index is 1.69. The van der Waals surface area contributed by atoms with E-state index in [4.69, 9.17) is 9.47 Å². The summed E-state index contributed by atoms with van der Waals surface area (Å²) >= 11 is 0. The average Bonchev–Trinajstić information content (AvgIpc) is 3.10. The molecule has 3 rings (SSSR count). The van der Waals surface area contributed by atoms with Gasteiger partial charge in [0.05, 0.1) is 13.2 Å². The number of methoxy groups -OCH3 is 1. The van der Waals surface area contributed by atoms with Gasteiger partial charge in [0.2, 0.25) is 5.88 Å². The van der Waals surface area contributed by atoms with Gasteiger partial charge in [0.15, 0.2) is 0 Å². The summed E-state index contributed by atoms with van der Waals surface area (Å²) < 4.78 is 10.6. The molecule has 5 heteroatoms. The molecule has 1 aliphatic rings. The Hall–Kier alpha value is -2.56. The monoisotopic (exact) mass is 326 g/mol. The number of pyridine rings is 1. The summed E-state index contributed by atoms with van der Waals surface area (Å²) in [6, 6.07) is 11.6. The number of benzene rings is 1. The number of carbonyl (C=O) groups is 1. The van der Waals surface area contributed by atoms with E-state index < -0.39 is 0 Å². The molecule has 1 fully saturated rings. The maximum atomic E-state index is 12.5. The van der Waals surface area contributed by atoms with Crippen molar-refractivity contribution in [2.24, 2.45) is 0 Å². The molecule has 0 aliphatic carbocycles. The van der Waals surface area contributed by atoms with Gasteiger partial charge in [0.25, 0.3) is 0 Å². The summed E-state index contributed by atoms with van der Waals surface area (Å²) in [5.74, 6) is 0.590. The van der Waals surface area contributed by atoms with Crippen LogP contribution in [0.2, 0.25) is 0 Å². The van der Waals surface area contributed by atoms with Gasteiger partial charge in [0.1, 0.15) is 6.61 Å². The summed E-state index contributed by atoms with van der Waals surface area (Å²) in [6.07, 6.45) is 3.43. The number of ether oxygens (including phenoxy) is 2. The van der Waals surface area contributed by atoms with Gasteiger partial charge < -0.3 is 14.4 Å². The number of likely N-dealkylation sites (tertiary alicyclic amines) is 1. The zero-order chi connectivity index (χ0) is 16.9. The van der Waals surface area contributed by atoms with Crippen molar-refractivity contribution in [2.75, 3.05) is 13.7 Å². The van der Waals surface area contributed by atoms with E-state index in [1.54, 1.807) is 12.0 Å². The van der Waals surface area contributed by atoms with Crippen molar-refractivity contribution in [2.45, 2.75) is 32.4 Å². The van der Waals surface area contributed by atoms with Crippen LogP contribution in [0.5, 0.6) is 5.88 Å². The predicted molar refractivity (Wildman–Crippen MR) is 90.8 cm³/mol. The fourth-order valence-electron chi connectivity index (χ4n) is 3.11. The minimum absolute atomic E-state index is 0.0201. The van der Waals surface area contributed by atoms with Crippen LogP contribution in [0.4, 0.5) is 4.79 Å². The Morgan fingerprint density at radius 2 is 2.12 bits per heavy atom. The molecule has 2 aromatic rings.